The zero-order valence-electron chi connectivity index (χ0n) is 8.91. The molecule has 2 rings (SSSR count). The number of methoxy groups -OCH3 is 1. The molecule has 0 saturated heterocycles. The van der Waals surface area contributed by atoms with E-state index in [1.54, 1.807) is 0 Å². The van der Waals surface area contributed by atoms with Crippen molar-refractivity contribution in [1.82, 2.24) is 10.1 Å². The number of aromatic nitrogens is 2. The predicted octanol–water partition coefficient (Wildman–Crippen LogP) is 1.48. The fourth-order valence-corrected chi connectivity index (χ4v) is 1.30. The summed E-state index contributed by atoms with van der Waals surface area (Å²) < 4.78 is 36.4. The highest BCUT2D eigenvalue weighted by molar-refractivity contribution is 5.57. The van der Waals surface area contributed by atoms with E-state index in [1.807, 2.05) is 0 Å². The Balaban J connectivity index is 2.48. The van der Waals surface area contributed by atoms with Crippen molar-refractivity contribution in [3.8, 4) is 17.1 Å². The van der Waals surface area contributed by atoms with Gasteiger partial charge in [-0.1, -0.05) is 5.16 Å². The van der Waals surface area contributed by atoms with E-state index < -0.39 is 11.6 Å². The number of benzene rings is 1. The third kappa shape index (κ3) is 2.09. The lowest BCUT2D eigenvalue weighted by Gasteiger charge is -2.03. The number of hydrogen-bond acceptors (Lipinski definition) is 5. The summed E-state index contributed by atoms with van der Waals surface area (Å²) in [5, 5.41) is 3.50. The fraction of sp³-hybridized carbons (Fsp3) is 0.200. The van der Waals surface area contributed by atoms with Gasteiger partial charge in [-0.25, -0.2) is 8.78 Å². The molecule has 7 heteroatoms. The lowest BCUT2D eigenvalue weighted by Crippen LogP contribution is -1.96. The Labute approximate surface area is 95.2 Å². The van der Waals surface area contributed by atoms with E-state index in [1.165, 1.54) is 7.11 Å². The van der Waals surface area contributed by atoms with Crippen LogP contribution < -0.4 is 10.5 Å². The molecule has 1 aromatic heterocycles. The number of nitrogens with zero attached hydrogens (tertiary/aromatic N) is 2. The molecule has 0 aliphatic rings. The first kappa shape index (κ1) is 11.5. The average molecular weight is 241 g/mol. The van der Waals surface area contributed by atoms with Crippen molar-refractivity contribution >= 4 is 0 Å². The number of hydrogen-bond donors (Lipinski definition) is 1. The molecule has 1 aromatic carbocycles. The van der Waals surface area contributed by atoms with Crippen molar-refractivity contribution in [2.75, 3.05) is 7.11 Å². The zero-order valence-corrected chi connectivity index (χ0v) is 8.91. The Morgan fingerprint density at radius 2 is 2.12 bits per heavy atom. The summed E-state index contributed by atoms with van der Waals surface area (Å²) in [6.45, 7) is 0.0350. The van der Waals surface area contributed by atoms with Crippen LogP contribution in [0.4, 0.5) is 8.78 Å². The minimum atomic E-state index is -0.706. The molecule has 0 radical (unpaired) electrons. The SMILES string of the molecule is COc1cc(F)c(-c2noc(CN)n2)cc1F. The van der Waals surface area contributed by atoms with E-state index in [4.69, 9.17) is 10.3 Å². The highest BCUT2D eigenvalue weighted by Gasteiger charge is 2.16. The van der Waals surface area contributed by atoms with Crippen LogP contribution in [0.1, 0.15) is 5.89 Å². The summed E-state index contributed by atoms with van der Waals surface area (Å²) in [5.41, 5.74) is 5.17. The van der Waals surface area contributed by atoms with Crippen molar-refractivity contribution < 1.29 is 18.0 Å². The Kier molecular flexibility index (Phi) is 3.01. The van der Waals surface area contributed by atoms with Gasteiger partial charge in [0.2, 0.25) is 11.7 Å². The molecule has 2 aromatic rings. The van der Waals surface area contributed by atoms with E-state index >= 15 is 0 Å². The first-order valence-electron chi connectivity index (χ1n) is 4.71. The number of halogens is 2. The lowest BCUT2D eigenvalue weighted by atomic mass is 10.2. The van der Waals surface area contributed by atoms with Gasteiger partial charge < -0.3 is 15.0 Å². The van der Waals surface area contributed by atoms with Gasteiger partial charge in [0.25, 0.3) is 0 Å². The van der Waals surface area contributed by atoms with Gasteiger partial charge in [-0.05, 0) is 6.07 Å². The maximum absolute atomic E-state index is 13.6. The van der Waals surface area contributed by atoms with Gasteiger partial charge in [-0.2, -0.15) is 4.98 Å². The average Bonchev–Trinajstić information content (AvgIpc) is 2.80. The van der Waals surface area contributed by atoms with E-state index in [2.05, 4.69) is 14.9 Å². The zero-order chi connectivity index (χ0) is 12.4. The highest BCUT2D eigenvalue weighted by atomic mass is 19.1. The first-order valence-corrected chi connectivity index (χ1v) is 4.71. The minimum Gasteiger partial charge on any atom is -0.494 e. The molecule has 0 spiro atoms. The summed E-state index contributed by atoms with van der Waals surface area (Å²) in [7, 11) is 1.25. The van der Waals surface area contributed by atoms with Gasteiger partial charge in [0.15, 0.2) is 11.6 Å². The van der Waals surface area contributed by atoms with Gasteiger partial charge in [0.1, 0.15) is 5.82 Å². The molecule has 0 saturated carbocycles. The highest BCUT2D eigenvalue weighted by Crippen LogP contribution is 2.27. The predicted molar refractivity (Wildman–Crippen MR) is 54.1 cm³/mol. The van der Waals surface area contributed by atoms with E-state index in [-0.39, 0.29) is 29.6 Å². The van der Waals surface area contributed by atoms with Crippen molar-refractivity contribution in [1.29, 1.82) is 0 Å². The fourth-order valence-electron chi connectivity index (χ4n) is 1.30. The van der Waals surface area contributed by atoms with Crippen LogP contribution in [0.25, 0.3) is 11.4 Å². The molecule has 0 aliphatic heterocycles. The quantitative estimate of drug-likeness (QED) is 0.881. The molecule has 5 nitrogen and oxygen atoms in total. The molecule has 0 amide bonds. The van der Waals surface area contributed by atoms with Crippen molar-refractivity contribution in [2.24, 2.45) is 5.73 Å². The Hall–Kier alpha value is -2.02. The van der Waals surface area contributed by atoms with Gasteiger partial charge in [0.05, 0.1) is 19.2 Å². The molecule has 1 heterocycles. The maximum atomic E-state index is 13.6. The van der Waals surface area contributed by atoms with Crippen LogP contribution in [0, 0.1) is 11.6 Å². The van der Waals surface area contributed by atoms with Crippen molar-refractivity contribution in [2.45, 2.75) is 6.54 Å². The van der Waals surface area contributed by atoms with Gasteiger partial charge >= 0.3 is 0 Å². The molecule has 0 fully saturated rings. The van der Waals surface area contributed by atoms with E-state index in [9.17, 15) is 8.78 Å². The number of nitrogens with two attached hydrogens (primary N) is 1. The van der Waals surface area contributed by atoms with Crippen LogP contribution in [0.15, 0.2) is 16.7 Å². The Morgan fingerprint density at radius 3 is 2.71 bits per heavy atom. The topological polar surface area (TPSA) is 74.2 Å². The third-order valence-electron chi connectivity index (χ3n) is 2.13. The largest absolute Gasteiger partial charge is 0.494 e. The van der Waals surface area contributed by atoms with Gasteiger partial charge in [-0.3, -0.25) is 0 Å². The standard InChI is InChI=1S/C10H9F2N3O2/c1-16-8-3-6(11)5(2-7(8)12)10-14-9(4-13)17-15-10/h2-3H,4,13H2,1H3. The normalized spacial score (nSPS) is 10.6. The molecular formula is C10H9F2N3O2. The van der Waals surface area contributed by atoms with Crippen LogP contribution >= 0.6 is 0 Å². The molecule has 90 valence electrons. The van der Waals surface area contributed by atoms with Crippen molar-refractivity contribution in [3.05, 3.63) is 29.7 Å². The first-order chi connectivity index (χ1) is 8.15. The summed E-state index contributed by atoms with van der Waals surface area (Å²) >= 11 is 0. The number of rotatable bonds is 3. The Morgan fingerprint density at radius 1 is 1.35 bits per heavy atom. The molecule has 2 N–H and O–H groups in total. The molecule has 0 unspecified atom stereocenters. The Bertz CT molecular complexity index is 542. The summed E-state index contributed by atoms with van der Waals surface area (Å²) in [6.07, 6.45) is 0. The molecule has 17 heavy (non-hydrogen) atoms. The number of ether oxygens (including phenoxy) is 1. The van der Waals surface area contributed by atoms with Crippen LogP contribution in [-0.4, -0.2) is 17.3 Å². The maximum Gasteiger partial charge on any atom is 0.240 e. The second-order valence-electron chi connectivity index (χ2n) is 3.18. The molecule has 0 bridgehead atoms. The lowest BCUT2D eigenvalue weighted by molar-refractivity contribution is 0.379. The van der Waals surface area contributed by atoms with Crippen LogP contribution in [-0.2, 0) is 6.54 Å². The molecule has 0 aliphatic carbocycles. The molecule has 0 atom stereocenters. The van der Waals surface area contributed by atoms with Crippen molar-refractivity contribution in [3.63, 3.8) is 0 Å². The van der Waals surface area contributed by atoms with Crippen LogP contribution in [0.2, 0.25) is 0 Å². The minimum absolute atomic E-state index is 0.0350. The van der Waals surface area contributed by atoms with E-state index in [0.717, 1.165) is 12.1 Å². The van der Waals surface area contributed by atoms with Gasteiger partial charge in [-0.15, -0.1) is 0 Å². The molecular weight excluding hydrogens is 232 g/mol. The third-order valence-corrected chi connectivity index (χ3v) is 2.13. The summed E-state index contributed by atoms with van der Waals surface area (Å²) in [5.74, 6) is -1.50. The second-order valence-corrected chi connectivity index (χ2v) is 3.18. The summed E-state index contributed by atoms with van der Waals surface area (Å²) in [6, 6.07) is 1.86. The van der Waals surface area contributed by atoms with E-state index in [0.29, 0.717) is 0 Å². The van der Waals surface area contributed by atoms with Gasteiger partial charge in [0, 0.05) is 6.07 Å². The second kappa shape index (κ2) is 4.46. The summed E-state index contributed by atoms with van der Waals surface area (Å²) in [4.78, 5) is 3.81. The monoisotopic (exact) mass is 241 g/mol. The van der Waals surface area contributed by atoms with Crippen LogP contribution in [0.3, 0.4) is 0 Å². The van der Waals surface area contributed by atoms with Crippen LogP contribution in [0.5, 0.6) is 5.75 Å². The smallest absolute Gasteiger partial charge is 0.240 e.